The van der Waals surface area contributed by atoms with Crippen molar-refractivity contribution in [2.75, 3.05) is 44.3 Å². The summed E-state index contributed by atoms with van der Waals surface area (Å²) in [5.74, 6) is 0.559. The average molecular weight is 376 g/mol. The molecule has 1 aromatic carbocycles. The number of halogens is 2. The van der Waals surface area contributed by atoms with Crippen LogP contribution < -0.4 is 10.6 Å². The van der Waals surface area contributed by atoms with Gasteiger partial charge in [-0.3, -0.25) is 4.79 Å². The molecule has 2 aliphatic heterocycles. The lowest BCUT2D eigenvalue weighted by Gasteiger charge is -2.29. The average Bonchev–Trinajstić information content (AvgIpc) is 2.96. The summed E-state index contributed by atoms with van der Waals surface area (Å²) in [6, 6.07) is 8.24. The Kier molecular flexibility index (Phi) is 8.30. The van der Waals surface area contributed by atoms with E-state index in [0.29, 0.717) is 12.5 Å². The smallest absolute Gasteiger partial charge is 0.254 e. The van der Waals surface area contributed by atoms with Gasteiger partial charge in [-0.25, -0.2) is 0 Å². The van der Waals surface area contributed by atoms with Crippen molar-refractivity contribution in [2.24, 2.45) is 11.7 Å². The number of rotatable bonds is 3. The molecule has 0 saturated carbocycles. The van der Waals surface area contributed by atoms with Crippen molar-refractivity contribution in [3.05, 3.63) is 29.8 Å². The van der Waals surface area contributed by atoms with E-state index >= 15 is 0 Å². The van der Waals surface area contributed by atoms with Crippen molar-refractivity contribution in [2.45, 2.75) is 19.4 Å². The number of carbonyl (C=O) groups excluding carboxylic acids is 1. The van der Waals surface area contributed by atoms with Gasteiger partial charge >= 0.3 is 0 Å². The first-order valence-corrected chi connectivity index (χ1v) is 8.13. The molecule has 2 aliphatic rings. The van der Waals surface area contributed by atoms with E-state index in [9.17, 15) is 4.79 Å². The van der Waals surface area contributed by atoms with Gasteiger partial charge in [0.05, 0.1) is 13.2 Å². The van der Waals surface area contributed by atoms with Gasteiger partial charge in [-0.1, -0.05) is 0 Å². The van der Waals surface area contributed by atoms with Crippen molar-refractivity contribution in [1.29, 1.82) is 0 Å². The highest BCUT2D eigenvalue weighted by molar-refractivity contribution is 5.95. The van der Waals surface area contributed by atoms with Crippen molar-refractivity contribution < 1.29 is 9.53 Å². The van der Waals surface area contributed by atoms with Gasteiger partial charge in [0, 0.05) is 36.9 Å². The Hall–Kier alpha value is -1.01. The number of likely N-dealkylation sites (tertiary alicyclic amines) is 1. The molecule has 2 atom stereocenters. The fraction of sp³-hybridized carbons (Fsp3) is 0.588. The minimum atomic E-state index is 0. The fourth-order valence-electron chi connectivity index (χ4n) is 3.40. The van der Waals surface area contributed by atoms with E-state index in [-0.39, 0.29) is 36.8 Å². The molecule has 3 rings (SSSR count). The van der Waals surface area contributed by atoms with Crippen LogP contribution in [0.25, 0.3) is 0 Å². The summed E-state index contributed by atoms with van der Waals surface area (Å²) in [5.41, 5.74) is 7.67. The lowest BCUT2D eigenvalue weighted by molar-refractivity contribution is 0.0743. The number of nitrogens with two attached hydrogens (primary N) is 1. The lowest BCUT2D eigenvalue weighted by Crippen LogP contribution is -2.36. The molecule has 7 heteroatoms. The first-order valence-electron chi connectivity index (χ1n) is 8.13. The maximum absolute atomic E-state index is 12.7. The van der Waals surface area contributed by atoms with Crippen molar-refractivity contribution in [1.82, 2.24) is 4.90 Å². The van der Waals surface area contributed by atoms with Gasteiger partial charge in [0.1, 0.15) is 0 Å². The summed E-state index contributed by atoms with van der Waals surface area (Å²) < 4.78 is 5.37. The van der Waals surface area contributed by atoms with Crippen LogP contribution in [-0.2, 0) is 4.74 Å². The third kappa shape index (κ3) is 4.54. The summed E-state index contributed by atoms with van der Waals surface area (Å²) in [4.78, 5) is 16.9. The van der Waals surface area contributed by atoms with E-state index in [1.807, 2.05) is 29.2 Å². The molecule has 2 heterocycles. The van der Waals surface area contributed by atoms with E-state index in [0.717, 1.165) is 50.5 Å². The molecular weight excluding hydrogens is 349 g/mol. The second kappa shape index (κ2) is 9.47. The Labute approximate surface area is 156 Å². The summed E-state index contributed by atoms with van der Waals surface area (Å²) in [7, 11) is 0. The Morgan fingerprint density at radius 3 is 2.38 bits per heavy atom. The van der Waals surface area contributed by atoms with Crippen LogP contribution in [0.15, 0.2) is 24.3 Å². The number of nitrogens with zero attached hydrogens (tertiary/aromatic N) is 2. The third-order valence-corrected chi connectivity index (χ3v) is 4.75. The van der Waals surface area contributed by atoms with Gasteiger partial charge in [-0.2, -0.15) is 0 Å². The molecule has 0 spiro atoms. The maximum atomic E-state index is 12.7. The zero-order valence-corrected chi connectivity index (χ0v) is 15.7. The lowest BCUT2D eigenvalue weighted by atomic mass is 10.1. The SMILES string of the molecule is CC1CC(CN)CN1C(=O)c1ccc(N2CCOCC2)cc1.Cl.Cl. The Balaban J connectivity index is 0.00000144. The first kappa shape index (κ1) is 21.0. The first-order chi connectivity index (χ1) is 10.7. The number of benzene rings is 1. The highest BCUT2D eigenvalue weighted by atomic mass is 35.5. The molecule has 2 N–H and O–H groups in total. The summed E-state index contributed by atoms with van der Waals surface area (Å²) in [6.07, 6.45) is 1.01. The number of hydrogen-bond acceptors (Lipinski definition) is 4. The molecule has 5 nitrogen and oxygen atoms in total. The summed E-state index contributed by atoms with van der Waals surface area (Å²) >= 11 is 0. The molecule has 1 aromatic rings. The van der Waals surface area contributed by atoms with Crippen LogP contribution >= 0.6 is 24.8 Å². The Morgan fingerprint density at radius 1 is 1.21 bits per heavy atom. The zero-order chi connectivity index (χ0) is 15.5. The molecule has 0 bridgehead atoms. The summed E-state index contributed by atoms with van der Waals surface area (Å²) in [6.45, 7) is 6.91. The van der Waals surface area contributed by atoms with E-state index in [1.54, 1.807) is 0 Å². The predicted octanol–water partition coefficient (Wildman–Crippen LogP) is 2.18. The second-order valence-electron chi connectivity index (χ2n) is 6.29. The molecule has 0 radical (unpaired) electrons. The van der Waals surface area contributed by atoms with Crippen LogP contribution in [0.4, 0.5) is 5.69 Å². The quantitative estimate of drug-likeness (QED) is 0.879. The normalized spacial score (nSPS) is 23.4. The third-order valence-electron chi connectivity index (χ3n) is 4.75. The molecule has 1 amide bonds. The Bertz CT molecular complexity index is 521. The predicted molar refractivity (Wildman–Crippen MR) is 102 cm³/mol. The van der Waals surface area contributed by atoms with E-state index in [2.05, 4.69) is 11.8 Å². The van der Waals surface area contributed by atoms with E-state index in [1.165, 1.54) is 0 Å². The molecule has 24 heavy (non-hydrogen) atoms. The number of morpholine rings is 1. The van der Waals surface area contributed by atoms with Crippen LogP contribution in [0.3, 0.4) is 0 Å². The minimum Gasteiger partial charge on any atom is -0.378 e. The van der Waals surface area contributed by atoms with Gasteiger partial charge in [0.15, 0.2) is 0 Å². The fourth-order valence-corrected chi connectivity index (χ4v) is 3.40. The molecule has 2 saturated heterocycles. The van der Waals surface area contributed by atoms with Gasteiger partial charge in [-0.05, 0) is 50.1 Å². The highest BCUT2D eigenvalue weighted by Gasteiger charge is 2.32. The van der Waals surface area contributed by atoms with Crippen molar-refractivity contribution >= 4 is 36.4 Å². The maximum Gasteiger partial charge on any atom is 0.254 e. The number of hydrogen-bond donors (Lipinski definition) is 1. The summed E-state index contributed by atoms with van der Waals surface area (Å²) in [5, 5.41) is 0. The van der Waals surface area contributed by atoms with Gasteiger partial charge in [0.2, 0.25) is 0 Å². The molecule has 136 valence electrons. The molecule has 0 aromatic heterocycles. The number of amides is 1. The van der Waals surface area contributed by atoms with Crippen molar-refractivity contribution in [3.8, 4) is 0 Å². The van der Waals surface area contributed by atoms with Crippen LogP contribution in [0, 0.1) is 5.92 Å². The monoisotopic (exact) mass is 375 g/mol. The van der Waals surface area contributed by atoms with Crippen LogP contribution in [-0.4, -0.2) is 56.2 Å². The minimum absolute atomic E-state index is 0. The van der Waals surface area contributed by atoms with E-state index < -0.39 is 0 Å². The number of anilines is 1. The van der Waals surface area contributed by atoms with Crippen LogP contribution in [0.2, 0.25) is 0 Å². The largest absolute Gasteiger partial charge is 0.378 e. The van der Waals surface area contributed by atoms with Crippen LogP contribution in [0.1, 0.15) is 23.7 Å². The van der Waals surface area contributed by atoms with Crippen molar-refractivity contribution in [3.63, 3.8) is 0 Å². The molecule has 0 aliphatic carbocycles. The number of ether oxygens (including phenoxy) is 1. The second-order valence-corrected chi connectivity index (χ2v) is 6.29. The zero-order valence-electron chi connectivity index (χ0n) is 14.0. The molecule has 2 fully saturated rings. The van der Waals surface area contributed by atoms with Gasteiger partial charge < -0.3 is 20.3 Å². The standard InChI is InChI=1S/C17H25N3O2.2ClH/c1-13-10-14(11-18)12-20(13)17(21)15-2-4-16(5-3-15)19-6-8-22-9-7-19;;/h2-5,13-14H,6-12,18H2,1H3;2*1H. The molecular formula is C17H27Cl2N3O2. The Morgan fingerprint density at radius 2 is 1.83 bits per heavy atom. The topological polar surface area (TPSA) is 58.8 Å². The van der Waals surface area contributed by atoms with E-state index in [4.69, 9.17) is 10.5 Å². The van der Waals surface area contributed by atoms with Gasteiger partial charge in [-0.15, -0.1) is 24.8 Å². The molecule has 2 unspecified atom stereocenters. The van der Waals surface area contributed by atoms with Crippen LogP contribution in [0.5, 0.6) is 0 Å². The van der Waals surface area contributed by atoms with Gasteiger partial charge in [0.25, 0.3) is 5.91 Å². The highest BCUT2D eigenvalue weighted by Crippen LogP contribution is 2.25. The number of carbonyl (C=O) groups is 1.